The number of benzene rings is 2. The predicted octanol–water partition coefficient (Wildman–Crippen LogP) is 6.07. The van der Waals surface area contributed by atoms with Gasteiger partial charge in [0.25, 0.3) is 0 Å². The van der Waals surface area contributed by atoms with Gasteiger partial charge in [-0.15, -0.1) is 5.10 Å². The fourth-order valence-electron chi connectivity index (χ4n) is 2.62. The number of anilines is 2. The van der Waals surface area contributed by atoms with Crippen molar-refractivity contribution in [3.8, 4) is 22.9 Å². The number of hydrogen-bond acceptors (Lipinski definition) is 5. The molecular weight excluding hydrogens is 419 g/mol. The Bertz CT molecular complexity index is 1150. The smallest absolute Gasteiger partial charge is 0.417 e. The number of nitrogens with zero attached hydrogens (tertiary/aromatic N) is 3. The van der Waals surface area contributed by atoms with Crippen LogP contribution in [0, 0.1) is 0 Å². The number of aromatic nitrogens is 4. The second-order valence-electron chi connectivity index (χ2n) is 6.14. The third-order valence-corrected chi connectivity index (χ3v) is 4.34. The summed E-state index contributed by atoms with van der Waals surface area (Å²) in [6.45, 7) is 0. The van der Waals surface area contributed by atoms with Crippen LogP contribution in [-0.2, 0) is 6.18 Å². The van der Waals surface area contributed by atoms with Gasteiger partial charge in [0.05, 0.1) is 16.8 Å². The summed E-state index contributed by atoms with van der Waals surface area (Å²) in [5.74, 6) is 1.79. The highest BCUT2D eigenvalue weighted by Crippen LogP contribution is 2.36. The van der Waals surface area contributed by atoms with E-state index in [0.29, 0.717) is 17.3 Å². The largest absolute Gasteiger partial charge is 0.456 e. The first-order valence-electron chi connectivity index (χ1n) is 8.63. The van der Waals surface area contributed by atoms with Crippen LogP contribution in [0.5, 0.6) is 11.5 Å². The summed E-state index contributed by atoms with van der Waals surface area (Å²) in [5.41, 5.74) is -0.0483. The van der Waals surface area contributed by atoms with Crippen molar-refractivity contribution < 1.29 is 17.9 Å². The molecule has 0 aliphatic rings. The highest BCUT2D eigenvalue weighted by Gasteiger charge is 2.33. The lowest BCUT2D eigenvalue weighted by Crippen LogP contribution is -2.06. The molecule has 152 valence electrons. The normalized spacial score (nSPS) is 11.3. The van der Waals surface area contributed by atoms with Crippen LogP contribution in [0.15, 0.2) is 67.0 Å². The van der Waals surface area contributed by atoms with Crippen LogP contribution in [-0.4, -0.2) is 20.2 Å². The third-order valence-electron chi connectivity index (χ3n) is 4.01. The lowest BCUT2D eigenvalue weighted by atomic mass is 10.2. The lowest BCUT2D eigenvalue weighted by molar-refractivity contribution is -0.137. The number of halogens is 4. The summed E-state index contributed by atoms with van der Waals surface area (Å²) < 4.78 is 44.7. The van der Waals surface area contributed by atoms with Crippen molar-refractivity contribution in [2.45, 2.75) is 6.18 Å². The highest BCUT2D eigenvalue weighted by atomic mass is 35.5. The highest BCUT2D eigenvalue weighted by molar-refractivity contribution is 6.31. The van der Waals surface area contributed by atoms with Gasteiger partial charge in [-0.25, -0.2) is 0 Å². The summed E-state index contributed by atoms with van der Waals surface area (Å²) in [6, 6.07) is 14.1. The Kier molecular flexibility index (Phi) is 5.28. The Morgan fingerprint density at radius 3 is 2.50 bits per heavy atom. The fourth-order valence-corrected chi connectivity index (χ4v) is 2.85. The van der Waals surface area contributed by atoms with E-state index >= 15 is 0 Å². The Hall–Kier alpha value is -3.59. The molecule has 0 radical (unpaired) electrons. The number of alkyl halides is 3. The number of rotatable bonds is 5. The molecule has 0 saturated carbocycles. The number of nitrogens with one attached hydrogen (secondary N) is 2. The van der Waals surface area contributed by atoms with Crippen LogP contribution in [0.25, 0.3) is 11.4 Å². The van der Waals surface area contributed by atoms with Gasteiger partial charge in [0.15, 0.2) is 5.82 Å². The number of pyridine rings is 1. The predicted molar refractivity (Wildman–Crippen MR) is 106 cm³/mol. The molecule has 0 bridgehead atoms. The van der Waals surface area contributed by atoms with E-state index < -0.39 is 11.7 Å². The summed E-state index contributed by atoms with van der Waals surface area (Å²) in [6.07, 6.45) is -1.30. The molecule has 0 unspecified atom stereocenters. The molecule has 0 amide bonds. The zero-order valence-electron chi connectivity index (χ0n) is 15.1. The summed E-state index contributed by atoms with van der Waals surface area (Å²) in [4.78, 5) is 8.24. The number of aromatic amines is 1. The SMILES string of the molecule is FC(F)(F)c1cc(Nc2n[nH]c(-c3ccc(Oc4cccnc4)cc3)n2)ccc1Cl. The Labute approximate surface area is 173 Å². The molecule has 6 nitrogen and oxygen atoms in total. The van der Waals surface area contributed by atoms with Crippen LogP contribution in [0.4, 0.5) is 24.8 Å². The fraction of sp³-hybridized carbons (Fsp3) is 0.0500. The van der Waals surface area contributed by atoms with Crippen LogP contribution in [0.3, 0.4) is 0 Å². The van der Waals surface area contributed by atoms with E-state index in [9.17, 15) is 13.2 Å². The van der Waals surface area contributed by atoms with E-state index in [-0.39, 0.29) is 16.7 Å². The second kappa shape index (κ2) is 8.03. The molecule has 2 N–H and O–H groups in total. The van der Waals surface area contributed by atoms with Gasteiger partial charge in [0.1, 0.15) is 11.5 Å². The third kappa shape index (κ3) is 4.52. The molecule has 4 aromatic rings. The molecule has 0 aliphatic heterocycles. The first-order chi connectivity index (χ1) is 14.4. The number of H-pyrrole nitrogens is 1. The molecule has 4 rings (SSSR count). The maximum Gasteiger partial charge on any atom is 0.417 e. The molecule has 30 heavy (non-hydrogen) atoms. The lowest BCUT2D eigenvalue weighted by Gasteiger charge is -2.10. The minimum Gasteiger partial charge on any atom is -0.456 e. The van der Waals surface area contributed by atoms with Crippen LogP contribution >= 0.6 is 11.6 Å². The molecule has 0 aliphatic carbocycles. The average Bonchev–Trinajstić information content (AvgIpc) is 3.18. The maximum atomic E-state index is 13.0. The Morgan fingerprint density at radius 1 is 1.00 bits per heavy atom. The van der Waals surface area contributed by atoms with E-state index in [2.05, 4.69) is 25.5 Å². The van der Waals surface area contributed by atoms with Crippen molar-refractivity contribution in [2.24, 2.45) is 0 Å². The molecule has 0 saturated heterocycles. The van der Waals surface area contributed by atoms with Crippen molar-refractivity contribution in [1.29, 1.82) is 0 Å². The van der Waals surface area contributed by atoms with Gasteiger partial charge in [0, 0.05) is 17.4 Å². The van der Waals surface area contributed by atoms with Crippen molar-refractivity contribution in [2.75, 3.05) is 5.32 Å². The zero-order chi connectivity index (χ0) is 21.1. The first-order valence-corrected chi connectivity index (χ1v) is 9.01. The monoisotopic (exact) mass is 431 g/mol. The van der Waals surface area contributed by atoms with E-state index in [1.807, 2.05) is 0 Å². The Morgan fingerprint density at radius 2 is 1.80 bits per heavy atom. The molecule has 0 fully saturated rings. The minimum atomic E-state index is -4.56. The molecule has 0 spiro atoms. The zero-order valence-corrected chi connectivity index (χ0v) is 15.9. The molecule has 0 atom stereocenters. The van der Waals surface area contributed by atoms with Crippen molar-refractivity contribution in [3.63, 3.8) is 0 Å². The van der Waals surface area contributed by atoms with E-state index in [4.69, 9.17) is 16.3 Å². The molecule has 2 aromatic carbocycles. The molecule has 2 heterocycles. The molecule has 10 heteroatoms. The topological polar surface area (TPSA) is 75.7 Å². The van der Waals surface area contributed by atoms with Crippen molar-refractivity contribution >= 4 is 23.2 Å². The summed E-state index contributed by atoms with van der Waals surface area (Å²) >= 11 is 5.63. The Balaban J connectivity index is 1.48. The minimum absolute atomic E-state index is 0.121. The number of ether oxygens (including phenoxy) is 1. The van der Waals surface area contributed by atoms with Gasteiger partial charge in [-0.3, -0.25) is 10.1 Å². The van der Waals surface area contributed by atoms with Crippen molar-refractivity contribution in [3.05, 3.63) is 77.6 Å². The standard InChI is InChI=1S/C20H13ClF3N5O/c21-17-8-5-13(10-16(17)20(22,23)24)26-19-27-18(28-29-19)12-3-6-14(7-4-12)30-15-2-1-9-25-11-15/h1-11H,(H2,26,27,28,29). The summed E-state index contributed by atoms with van der Waals surface area (Å²) in [5, 5.41) is 9.09. The van der Waals surface area contributed by atoms with Gasteiger partial charge in [-0.1, -0.05) is 11.6 Å². The van der Waals surface area contributed by atoms with Gasteiger partial charge in [-0.05, 0) is 54.6 Å². The van der Waals surface area contributed by atoms with Crippen molar-refractivity contribution in [1.82, 2.24) is 20.2 Å². The second-order valence-corrected chi connectivity index (χ2v) is 6.55. The van der Waals surface area contributed by atoms with Crippen LogP contribution < -0.4 is 10.1 Å². The van der Waals surface area contributed by atoms with Gasteiger partial charge in [-0.2, -0.15) is 18.2 Å². The first kappa shape index (κ1) is 19.7. The van der Waals surface area contributed by atoms with E-state index in [1.54, 1.807) is 48.8 Å². The van der Waals surface area contributed by atoms with E-state index in [0.717, 1.165) is 11.6 Å². The van der Waals surface area contributed by atoms with Crippen LogP contribution in [0.1, 0.15) is 5.56 Å². The van der Waals surface area contributed by atoms with Gasteiger partial charge >= 0.3 is 6.18 Å². The van der Waals surface area contributed by atoms with Crippen LogP contribution in [0.2, 0.25) is 5.02 Å². The van der Waals surface area contributed by atoms with Gasteiger partial charge in [0.2, 0.25) is 5.95 Å². The maximum absolute atomic E-state index is 13.0. The number of hydrogen-bond donors (Lipinski definition) is 2. The average molecular weight is 432 g/mol. The van der Waals surface area contributed by atoms with E-state index in [1.165, 1.54) is 12.1 Å². The van der Waals surface area contributed by atoms with Gasteiger partial charge < -0.3 is 10.1 Å². The molecular formula is C20H13ClF3N5O. The summed E-state index contributed by atoms with van der Waals surface area (Å²) in [7, 11) is 0. The molecule has 2 aromatic heterocycles. The quantitative estimate of drug-likeness (QED) is 0.401.